The van der Waals surface area contributed by atoms with Gasteiger partial charge in [-0.1, -0.05) is 0 Å². The zero-order chi connectivity index (χ0) is 18.8. The molecule has 3 rings (SSSR count). The summed E-state index contributed by atoms with van der Waals surface area (Å²) in [6.45, 7) is 1.74. The number of ether oxygens (including phenoxy) is 3. The van der Waals surface area contributed by atoms with Crippen molar-refractivity contribution in [2.75, 3.05) is 26.6 Å². The Morgan fingerprint density at radius 1 is 1.12 bits per heavy atom. The smallest absolute Gasteiger partial charge is 0.357 e. The molecule has 9 heteroatoms. The summed E-state index contributed by atoms with van der Waals surface area (Å²) in [5, 5.41) is 3.81. The monoisotopic (exact) mass is 375 g/mol. The van der Waals surface area contributed by atoms with Gasteiger partial charge in [-0.3, -0.25) is 10.1 Å². The van der Waals surface area contributed by atoms with Gasteiger partial charge in [0.2, 0.25) is 0 Å². The van der Waals surface area contributed by atoms with Gasteiger partial charge in [-0.15, -0.1) is 11.3 Å². The highest BCUT2D eigenvalue weighted by Crippen LogP contribution is 2.32. The molecule has 0 bridgehead atoms. The number of carbonyl (C=O) groups is 2. The van der Waals surface area contributed by atoms with Crippen LogP contribution in [0.4, 0.5) is 5.13 Å². The number of aryl methyl sites for hydroxylation is 1. The average Bonchev–Trinajstić information content (AvgIpc) is 3.22. The number of thiazole rings is 1. The second-order valence-electron chi connectivity index (χ2n) is 5.35. The van der Waals surface area contributed by atoms with Gasteiger partial charge in [-0.25, -0.2) is 9.78 Å². The molecule has 0 aliphatic rings. The molecule has 8 nitrogen and oxygen atoms in total. The summed E-state index contributed by atoms with van der Waals surface area (Å²) in [6, 6.07) is 5.24. The first kappa shape index (κ1) is 17.7. The minimum atomic E-state index is -0.538. The standard InChI is InChI=1S/C17H17N3O5S/c1-8-14(16(22)25-4)19-17(26-8)20-15(21)11-5-9-6-12(23-2)13(24-3)7-10(9)18-11/h5-7,18H,1-4H3,(H,19,20,21). The highest BCUT2D eigenvalue weighted by atomic mass is 32.1. The summed E-state index contributed by atoms with van der Waals surface area (Å²) in [5.74, 6) is 0.227. The maximum absolute atomic E-state index is 12.5. The first-order valence-corrected chi connectivity index (χ1v) is 8.40. The largest absolute Gasteiger partial charge is 0.493 e. The maximum atomic E-state index is 12.5. The van der Waals surface area contributed by atoms with Crippen LogP contribution < -0.4 is 14.8 Å². The number of hydrogen-bond donors (Lipinski definition) is 2. The second kappa shape index (κ2) is 7.04. The number of esters is 1. The van der Waals surface area contributed by atoms with Gasteiger partial charge in [-0.05, 0) is 19.1 Å². The fourth-order valence-electron chi connectivity index (χ4n) is 2.48. The Labute approximate surface area is 153 Å². The zero-order valence-corrected chi connectivity index (χ0v) is 15.4. The zero-order valence-electron chi connectivity index (χ0n) is 14.6. The van der Waals surface area contributed by atoms with Crippen LogP contribution in [0.15, 0.2) is 18.2 Å². The number of rotatable bonds is 5. The molecule has 0 spiro atoms. The maximum Gasteiger partial charge on any atom is 0.357 e. The first-order chi connectivity index (χ1) is 12.5. The van der Waals surface area contributed by atoms with Crippen molar-refractivity contribution in [3.05, 3.63) is 34.5 Å². The quantitative estimate of drug-likeness (QED) is 0.665. The lowest BCUT2D eigenvalue weighted by Crippen LogP contribution is -2.12. The van der Waals surface area contributed by atoms with Crippen molar-refractivity contribution >= 4 is 39.2 Å². The van der Waals surface area contributed by atoms with Gasteiger partial charge < -0.3 is 19.2 Å². The van der Waals surface area contributed by atoms with Gasteiger partial charge in [0.25, 0.3) is 5.91 Å². The number of fused-ring (bicyclic) bond motifs is 1. The summed E-state index contributed by atoms with van der Waals surface area (Å²) >= 11 is 1.20. The Morgan fingerprint density at radius 2 is 1.81 bits per heavy atom. The number of aromatic amines is 1. The van der Waals surface area contributed by atoms with E-state index in [2.05, 4.69) is 20.0 Å². The Morgan fingerprint density at radius 3 is 2.46 bits per heavy atom. The first-order valence-electron chi connectivity index (χ1n) is 7.58. The molecule has 0 radical (unpaired) electrons. The highest BCUT2D eigenvalue weighted by Gasteiger charge is 2.19. The van der Waals surface area contributed by atoms with Gasteiger partial charge in [0.15, 0.2) is 22.3 Å². The Balaban J connectivity index is 1.87. The summed E-state index contributed by atoms with van der Waals surface area (Å²) in [4.78, 5) is 31.9. The Bertz CT molecular complexity index is 951. The average molecular weight is 375 g/mol. The van der Waals surface area contributed by atoms with Gasteiger partial charge in [-0.2, -0.15) is 0 Å². The van der Waals surface area contributed by atoms with Crippen molar-refractivity contribution in [3.8, 4) is 11.5 Å². The predicted molar refractivity (Wildman–Crippen MR) is 97.5 cm³/mol. The van der Waals surface area contributed by atoms with E-state index >= 15 is 0 Å². The molecule has 2 N–H and O–H groups in total. The van der Waals surface area contributed by atoms with Crippen LogP contribution in [-0.4, -0.2) is 43.2 Å². The SMILES string of the molecule is COC(=O)c1nc(NC(=O)c2cc3cc(OC)c(OC)cc3[nH]2)sc1C. The molecule has 0 aliphatic carbocycles. The molecular formula is C17H17N3O5S. The summed E-state index contributed by atoms with van der Waals surface area (Å²) in [7, 11) is 4.38. The number of aromatic nitrogens is 2. The fourth-order valence-corrected chi connectivity index (χ4v) is 3.28. The lowest BCUT2D eigenvalue weighted by molar-refractivity contribution is 0.0594. The van der Waals surface area contributed by atoms with Gasteiger partial charge in [0, 0.05) is 21.8 Å². The van der Waals surface area contributed by atoms with Crippen molar-refractivity contribution in [2.24, 2.45) is 0 Å². The Hall–Kier alpha value is -3.07. The van der Waals surface area contributed by atoms with Crippen LogP contribution in [0.2, 0.25) is 0 Å². The summed E-state index contributed by atoms with van der Waals surface area (Å²) < 4.78 is 15.2. The molecule has 136 valence electrons. The molecule has 0 saturated carbocycles. The number of benzene rings is 1. The van der Waals surface area contributed by atoms with Crippen LogP contribution in [0.5, 0.6) is 11.5 Å². The van der Waals surface area contributed by atoms with E-state index in [1.165, 1.54) is 18.4 Å². The highest BCUT2D eigenvalue weighted by molar-refractivity contribution is 7.16. The van der Waals surface area contributed by atoms with E-state index in [0.29, 0.717) is 27.2 Å². The van der Waals surface area contributed by atoms with E-state index in [-0.39, 0.29) is 11.6 Å². The normalized spacial score (nSPS) is 10.6. The number of carbonyl (C=O) groups excluding carboxylic acids is 2. The van der Waals surface area contributed by atoms with Crippen molar-refractivity contribution in [1.29, 1.82) is 0 Å². The summed E-state index contributed by atoms with van der Waals surface area (Å²) in [6.07, 6.45) is 0. The molecular weight excluding hydrogens is 358 g/mol. The van der Waals surface area contributed by atoms with Crippen LogP contribution >= 0.6 is 11.3 Å². The number of anilines is 1. The van der Waals surface area contributed by atoms with Crippen LogP contribution in [0.25, 0.3) is 10.9 Å². The second-order valence-corrected chi connectivity index (χ2v) is 6.55. The van der Waals surface area contributed by atoms with Crippen LogP contribution in [0, 0.1) is 6.92 Å². The van der Waals surface area contributed by atoms with E-state index in [1.807, 2.05) is 0 Å². The Kier molecular flexibility index (Phi) is 4.81. The lowest BCUT2D eigenvalue weighted by atomic mass is 10.2. The van der Waals surface area contributed by atoms with E-state index in [0.717, 1.165) is 10.9 Å². The molecule has 0 unspecified atom stereocenters. The topological polar surface area (TPSA) is 103 Å². The van der Waals surface area contributed by atoms with E-state index in [1.54, 1.807) is 39.3 Å². The van der Waals surface area contributed by atoms with Crippen LogP contribution in [-0.2, 0) is 4.74 Å². The number of nitrogens with zero attached hydrogens (tertiary/aromatic N) is 1. The van der Waals surface area contributed by atoms with Crippen molar-refractivity contribution in [2.45, 2.75) is 6.92 Å². The third-order valence-electron chi connectivity index (χ3n) is 3.77. The minimum absolute atomic E-state index is 0.193. The number of hydrogen-bond acceptors (Lipinski definition) is 7. The van der Waals surface area contributed by atoms with Gasteiger partial charge in [0.05, 0.1) is 21.3 Å². The molecule has 2 aromatic heterocycles. The van der Waals surface area contributed by atoms with E-state index < -0.39 is 5.97 Å². The number of amides is 1. The van der Waals surface area contributed by atoms with Crippen molar-refractivity contribution in [1.82, 2.24) is 9.97 Å². The molecule has 26 heavy (non-hydrogen) atoms. The summed E-state index contributed by atoms with van der Waals surface area (Å²) in [5.41, 5.74) is 1.28. The number of H-pyrrole nitrogens is 1. The number of methoxy groups -OCH3 is 3. The van der Waals surface area contributed by atoms with Crippen LogP contribution in [0.1, 0.15) is 25.9 Å². The number of nitrogens with one attached hydrogen (secondary N) is 2. The van der Waals surface area contributed by atoms with Crippen molar-refractivity contribution in [3.63, 3.8) is 0 Å². The minimum Gasteiger partial charge on any atom is -0.493 e. The van der Waals surface area contributed by atoms with Crippen molar-refractivity contribution < 1.29 is 23.8 Å². The third kappa shape index (κ3) is 3.21. The third-order valence-corrected chi connectivity index (χ3v) is 4.65. The fraction of sp³-hybridized carbons (Fsp3) is 0.235. The molecule has 0 fully saturated rings. The molecule has 2 heterocycles. The van der Waals surface area contributed by atoms with E-state index in [9.17, 15) is 9.59 Å². The molecule has 1 amide bonds. The van der Waals surface area contributed by atoms with Crippen LogP contribution in [0.3, 0.4) is 0 Å². The molecule has 3 aromatic rings. The lowest BCUT2D eigenvalue weighted by Gasteiger charge is -2.06. The van der Waals surface area contributed by atoms with E-state index in [4.69, 9.17) is 9.47 Å². The van der Waals surface area contributed by atoms with Gasteiger partial charge in [0.1, 0.15) is 5.69 Å². The molecule has 0 atom stereocenters. The molecule has 0 saturated heterocycles. The predicted octanol–water partition coefficient (Wildman–Crippen LogP) is 2.99. The van der Waals surface area contributed by atoms with Gasteiger partial charge >= 0.3 is 5.97 Å². The molecule has 0 aliphatic heterocycles. The molecule has 1 aromatic carbocycles.